The van der Waals surface area contributed by atoms with Crippen LogP contribution in [-0.2, 0) is 0 Å². The maximum atomic E-state index is 12.1. The lowest BCUT2D eigenvalue weighted by Crippen LogP contribution is -2.13. The second kappa shape index (κ2) is 5.75. The van der Waals surface area contributed by atoms with Gasteiger partial charge in [0.15, 0.2) is 0 Å². The number of ether oxygens (including phenoxy) is 1. The van der Waals surface area contributed by atoms with Crippen LogP contribution in [0.2, 0.25) is 0 Å². The lowest BCUT2D eigenvalue weighted by molar-refractivity contribution is 0.102. The lowest BCUT2D eigenvalue weighted by atomic mass is 10.1. The van der Waals surface area contributed by atoms with Crippen molar-refractivity contribution in [1.82, 2.24) is 0 Å². The van der Waals surface area contributed by atoms with Crippen LogP contribution in [0.3, 0.4) is 0 Å². The van der Waals surface area contributed by atoms with Crippen LogP contribution in [0.25, 0.3) is 0 Å². The molecule has 0 unspecified atom stereocenters. The van der Waals surface area contributed by atoms with Crippen molar-refractivity contribution in [3.63, 3.8) is 0 Å². The molecule has 0 bridgehead atoms. The first kappa shape index (κ1) is 13.4. The summed E-state index contributed by atoms with van der Waals surface area (Å²) in [5.74, 6) is 0.465. The third-order valence-corrected chi connectivity index (χ3v) is 3.23. The monoisotopic (exact) mass is 320 g/mol. The summed E-state index contributed by atoms with van der Waals surface area (Å²) in [7, 11) is 1.59. The van der Waals surface area contributed by atoms with Crippen molar-refractivity contribution in [2.24, 2.45) is 0 Å². The summed E-state index contributed by atoms with van der Waals surface area (Å²) in [5.41, 5.74) is 7.33. The quantitative estimate of drug-likeness (QED) is 0.853. The van der Waals surface area contributed by atoms with Gasteiger partial charge in [0.05, 0.1) is 17.1 Å². The second-order valence-corrected chi connectivity index (χ2v) is 4.75. The minimum atomic E-state index is -0.241. The Morgan fingerprint density at radius 2 is 2.00 bits per heavy atom. The highest BCUT2D eigenvalue weighted by molar-refractivity contribution is 9.10. The Morgan fingerprint density at radius 3 is 2.63 bits per heavy atom. The van der Waals surface area contributed by atoms with E-state index in [0.29, 0.717) is 22.7 Å². The predicted molar refractivity (Wildman–Crippen MR) is 79.5 cm³/mol. The van der Waals surface area contributed by atoms with Crippen LogP contribution in [-0.4, -0.2) is 13.0 Å². The molecule has 2 rings (SSSR count). The molecule has 0 atom stereocenters. The number of methoxy groups -OCH3 is 1. The van der Waals surface area contributed by atoms with Crippen LogP contribution in [0.1, 0.15) is 10.4 Å². The summed E-state index contributed by atoms with van der Waals surface area (Å²) in [6.07, 6.45) is 0. The minimum Gasteiger partial charge on any atom is -0.496 e. The zero-order valence-electron chi connectivity index (χ0n) is 10.3. The second-order valence-electron chi connectivity index (χ2n) is 3.89. The van der Waals surface area contributed by atoms with E-state index < -0.39 is 0 Å². The van der Waals surface area contributed by atoms with Gasteiger partial charge in [-0.05, 0) is 46.3 Å². The third-order valence-electron chi connectivity index (χ3n) is 2.62. The van der Waals surface area contributed by atoms with Crippen molar-refractivity contribution in [2.75, 3.05) is 18.2 Å². The Hall–Kier alpha value is -2.01. The van der Waals surface area contributed by atoms with Gasteiger partial charge in [0, 0.05) is 11.4 Å². The molecule has 1 amide bonds. The smallest absolute Gasteiger partial charge is 0.257 e. The van der Waals surface area contributed by atoms with Gasteiger partial charge in [0.25, 0.3) is 5.91 Å². The fourth-order valence-electron chi connectivity index (χ4n) is 1.65. The number of hydrogen-bond acceptors (Lipinski definition) is 3. The number of nitrogens with one attached hydrogen (secondary N) is 1. The van der Waals surface area contributed by atoms with Gasteiger partial charge >= 0.3 is 0 Å². The third kappa shape index (κ3) is 3.06. The Balaban J connectivity index is 2.20. The predicted octanol–water partition coefficient (Wildman–Crippen LogP) is 3.29. The molecule has 0 aromatic heterocycles. The van der Waals surface area contributed by atoms with E-state index in [1.54, 1.807) is 49.6 Å². The van der Waals surface area contributed by atoms with Crippen LogP contribution in [0, 0.1) is 0 Å². The molecule has 0 spiro atoms. The number of benzene rings is 2. The van der Waals surface area contributed by atoms with Gasteiger partial charge in [-0.2, -0.15) is 0 Å². The number of halogens is 1. The summed E-state index contributed by atoms with van der Waals surface area (Å²) in [6.45, 7) is 0. The van der Waals surface area contributed by atoms with E-state index in [1.807, 2.05) is 0 Å². The van der Waals surface area contributed by atoms with Crippen LogP contribution in [0.4, 0.5) is 11.4 Å². The number of nitrogens with two attached hydrogens (primary N) is 1. The Kier molecular flexibility index (Phi) is 4.06. The number of rotatable bonds is 3. The van der Waals surface area contributed by atoms with Crippen molar-refractivity contribution in [2.45, 2.75) is 0 Å². The van der Waals surface area contributed by atoms with Crippen LogP contribution >= 0.6 is 15.9 Å². The van der Waals surface area contributed by atoms with Crippen molar-refractivity contribution >= 4 is 33.2 Å². The zero-order valence-corrected chi connectivity index (χ0v) is 11.9. The van der Waals surface area contributed by atoms with Gasteiger partial charge in [-0.1, -0.05) is 12.1 Å². The first-order valence-electron chi connectivity index (χ1n) is 5.61. The van der Waals surface area contributed by atoms with Gasteiger partial charge in [-0.3, -0.25) is 4.79 Å². The van der Waals surface area contributed by atoms with Crippen LogP contribution in [0.15, 0.2) is 46.9 Å². The summed E-state index contributed by atoms with van der Waals surface area (Å²) in [5, 5.41) is 2.79. The highest BCUT2D eigenvalue weighted by atomic mass is 79.9. The highest BCUT2D eigenvalue weighted by Gasteiger charge is 2.10. The number of nitrogen functional groups attached to an aromatic ring is 1. The van der Waals surface area contributed by atoms with Crippen molar-refractivity contribution < 1.29 is 9.53 Å². The molecule has 0 saturated heterocycles. The zero-order chi connectivity index (χ0) is 13.8. The van der Waals surface area contributed by atoms with Gasteiger partial charge in [0.1, 0.15) is 5.75 Å². The molecule has 0 aliphatic heterocycles. The molecule has 3 N–H and O–H groups in total. The number of carbonyl (C=O) groups is 1. The van der Waals surface area contributed by atoms with Gasteiger partial charge in [0.2, 0.25) is 0 Å². The maximum Gasteiger partial charge on any atom is 0.257 e. The number of anilines is 2. The summed E-state index contributed by atoms with van der Waals surface area (Å²) in [6, 6.07) is 12.2. The molecule has 0 aliphatic rings. The fraction of sp³-hybridized carbons (Fsp3) is 0.0714. The van der Waals surface area contributed by atoms with E-state index in [-0.39, 0.29) is 5.91 Å². The highest BCUT2D eigenvalue weighted by Crippen LogP contribution is 2.28. The van der Waals surface area contributed by atoms with E-state index in [1.165, 1.54) is 0 Å². The Bertz CT molecular complexity index is 614. The normalized spacial score (nSPS) is 10.0. The van der Waals surface area contributed by atoms with E-state index in [0.717, 1.165) is 4.47 Å². The van der Waals surface area contributed by atoms with Crippen molar-refractivity contribution in [1.29, 1.82) is 0 Å². The van der Waals surface area contributed by atoms with E-state index in [4.69, 9.17) is 10.5 Å². The molecule has 2 aromatic rings. The topological polar surface area (TPSA) is 64.3 Å². The van der Waals surface area contributed by atoms with Gasteiger partial charge in [-0.25, -0.2) is 0 Å². The first-order chi connectivity index (χ1) is 9.11. The largest absolute Gasteiger partial charge is 0.496 e. The molecule has 4 nitrogen and oxygen atoms in total. The molecular formula is C14H13BrN2O2. The molecule has 0 saturated carbocycles. The fourth-order valence-corrected chi connectivity index (χ4v) is 2.19. The van der Waals surface area contributed by atoms with Gasteiger partial charge in [-0.15, -0.1) is 0 Å². The molecular weight excluding hydrogens is 308 g/mol. The molecule has 0 radical (unpaired) electrons. The first-order valence-corrected chi connectivity index (χ1v) is 6.40. The van der Waals surface area contributed by atoms with Crippen molar-refractivity contribution in [3.05, 3.63) is 52.5 Å². The van der Waals surface area contributed by atoms with E-state index >= 15 is 0 Å². The van der Waals surface area contributed by atoms with Crippen LogP contribution in [0.5, 0.6) is 5.75 Å². The molecule has 0 fully saturated rings. The Morgan fingerprint density at radius 1 is 1.26 bits per heavy atom. The standard InChI is InChI=1S/C14H13BrN2O2/c1-19-13-7-6-9(8-11(13)15)17-14(18)10-4-2-3-5-12(10)16/h2-8H,16H2,1H3,(H,17,18). The molecule has 0 heterocycles. The summed E-state index contributed by atoms with van der Waals surface area (Å²) < 4.78 is 5.90. The Labute approximate surface area is 119 Å². The molecule has 5 heteroatoms. The van der Waals surface area contributed by atoms with Crippen molar-refractivity contribution in [3.8, 4) is 5.75 Å². The summed E-state index contributed by atoms with van der Waals surface area (Å²) >= 11 is 3.37. The number of hydrogen-bond donors (Lipinski definition) is 2. The maximum absolute atomic E-state index is 12.1. The molecule has 0 aliphatic carbocycles. The average Bonchev–Trinajstić information content (AvgIpc) is 2.39. The average molecular weight is 321 g/mol. The number of carbonyl (C=O) groups excluding carboxylic acids is 1. The molecule has 98 valence electrons. The number of para-hydroxylation sites is 1. The lowest BCUT2D eigenvalue weighted by Gasteiger charge is -2.09. The molecule has 19 heavy (non-hydrogen) atoms. The van der Waals surface area contributed by atoms with Gasteiger partial charge < -0.3 is 15.8 Å². The molecule has 2 aromatic carbocycles. The van der Waals surface area contributed by atoms with E-state index in [2.05, 4.69) is 21.2 Å². The number of amides is 1. The SMILES string of the molecule is COc1ccc(NC(=O)c2ccccc2N)cc1Br. The minimum absolute atomic E-state index is 0.241. The summed E-state index contributed by atoms with van der Waals surface area (Å²) in [4.78, 5) is 12.1. The van der Waals surface area contributed by atoms with Crippen LogP contribution < -0.4 is 15.8 Å². The van der Waals surface area contributed by atoms with E-state index in [9.17, 15) is 4.79 Å².